The number of halogens is 1. The highest BCUT2D eigenvalue weighted by molar-refractivity contribution is 7.89. The van der Waals surface area contributed by atoms with E-state index in [1.54, 1.807) is 6.07 Å². The Morgan fingerprint density at radius 3 is 2.45 bits per heavy atom. The van der Waals surface area contributed by atoms with Crippen molar-refractivity contribution in [3.8, 4) is 5.75 Å². The summed E-state index contributed by atoms with van der Waals surface area (Å²) < 4.78 is 32.3. The van der Waals surface area contributed by atoms with Crippen molar-refractivity contribution in [3.05, 3.63) is 23.2 Å². The van der Waals surface area contributed by atoms with Crippen LogP contribution in [0.2, 0.25) is 5.02 Å². The van der Waals surface area contributed by atoms with Crippen LogP contribution in [0.25, 0.3) is 0 Å². The fourth-order valence-corrected chi connectivity index (χ4v) is 3.25. The first-order valence-corrected chi connectivity index (χ1v) is 8.26. The first kappa shape index (κ1) is 17.2. The van der Waals surface area contributed by atoms with Gasteiger partial charge in [-0.2, -0.15) is 0 Å². The number of nitrogens with one attached hydrogen (secondary N) is 1. The van der Waals surface area contributed by atoms with Crippen molar-refractivity contribution < 1.29 is 13.2 Å². The fourth-order valence-electron chi connectivity index (χ4n) is 1.68. The Bertz CT molecular complexity index is 557. The van der Waals surface area contributed by atoms with Crippen LogP contribution in [0, 0.1) is 0 Å². The monoisotopic (exact) mass is 320 g/mol. The van der Waals surface area contributed by atoms with Crippen molar-refractivity contribution >= 4 is 21.6 Å². The van der Waals surface area contributed by atoms with Gasteiger partial charge in [0.2, 0.25) is 10.0 Å². The van der Waals surface area contributed by atoms with Gasteiger partial charge in [0.1, 0.15) is 10.6 Å². The smallest absolute Gasteiger partial charge is 0.244 e. The molecule has 0 saturated carbocycles. The van der Waals surface area contributed by atoms with E-state index in [1.807, 2.05) is 13.8 Å². The van der Waals surface area contributed by atoms with E-state index in [2.05, 4.69) is 4.72 Å². The molecule has 0 spiro atoms. The first-order valence-electron chi connectivity index (χ1n) is 6.40. The van der Waals surface area contributed by atoms with E-state index in [0.717, 1.165) is 0 Å². The summed E-state index contributed by atoms with van der Waals surface area (Å²) in [5, 5.41) is 0.330. The van der Waals surface area contributed by atoms with Crippen molar-refractivity contribution in [2.75, 3.05) is 13.7 Å². The molecule has 1 aromatic rings. The number of ether oxygens (including phenoxy) is 1. The first-order chi connectivity index (χ1) is 9.28. The van der Waals surface area contributed by atoms with Crippen LogP contribution in [0.3, 0.4) is 0 Å². The minimum atomic E-state index is -3.72. The minimum absolute atomic E-state index is 0.0158. The van der Waals surface area contributed by atoms with E-state index < -0.39 is 15.6 Å². The Balaban J connectivity index is 3.03. The van der Waals surface area contributed by atoms with E-state index in [9.17, 15) is 8.42 Å². The lowest BCUT2D eigenvalue weighted by Gasteiger charge is -2.26. The topological polar surface area (TPSA) is 81.4 Å². The summed E-state index contributed by atoms with van der Waals surface area (Å²) in [6, 6.07) is 4.45. The molecule has 0 aromatic heterocycles. The molecule has 0 saturated heterocycles. The van der Waals surface area contributed by atoms with Crippen molar-refractivity contribution in [2.45, 2.75) is 37.1 Å². The number of rotatable bonds is 7. The molecule has 0 aliphatic heterocycles. The quantitative estimate of drug-likeness (QED) is 0.806. The molecule has 0 aliphatic carbocycles. The van der Waals surface area contributed by atoms with E-state index in [1.165, 1.54) is 19.2 Å². The Kier molecular flexibility index (Phi) is 5.82. The van der Waals surface area contributed by atoms with Crippen LogP contribution < -0.4 is 15.2 Å². The average molecular weight is 321 g/mol. The van der Waals surface area contributed by atoms with E-state index in [-0.39, 0.29) is 17.2 Å². The second kappa shape index (κ2) is 6.76. The molecule has 0 radical (unpaired) electrons. The van der Waals surface area contributed by atoms with Gasteiger partial charge in [-0.15, -0.1) is 0 Å². The van der Waals surface area contributed by atoms with Gasteiger partial charge in [0.15, 0.2) is 0 Å². The Hall–Kier alpha value is -0.820. The van der Waals surface area contributed by atoms with Gasteiger partial charge in [0.25, 0.3) is 0 Å². The molecule has 0 unspecified atom stereocenters. The van der Waals surface area contributed by atoms with Gasteiger partial charge < -0.3 is 10.5 Å². The van der Waals surface area contributed by atoms with Crippen LogP contribution in [-0.2, 0) is 10.0 Å². The van der Waals surface area contributed by atoms with E-state index in [4.69, 9.17) is 22.1 Å². The summed E-state index contributed by atoms with van der Waals surface area (Å²) in [5.41, 5.74) is 5.54. The van der Waals surface area contributed by atoms with E-state index in [0.29, 0.717) is 17.9 Å². The molecule has 20 heavy (non-hydrogen) atoms. The van der Waals surface area contributed by atoms with Gasteiger partial charge in [0, 0.05) is 17.1 Å². The largest absolute Gasteiger partial charge is 0.495 e. The minimum Gasteiger partial charge on any atom is -0.495 e. The number of methoxy groups -OCH3 is 1. The highest BCUT2D eigenvalue weighted by atomic mass is 35.5. The summed E-state index contributed by atoms with van der Waals surface area (Å²) in [6.07, 6.45) is 1.36. The Morgan fingerprint density at radius 1 is 1.35 bits per heavy atom. The van der Waals surface area contributed by atoms with Gasteiger partial charge in [-0.25, -0.2) is 13.1 Å². The van der Waals surface area contributed by atoms with Crippen molar-refractivity contribution in [2.24, 2.45) is 5.73 Å². The molecular weight excluding hydrogens is 300 g/mol. The zero-order valence-electron chi connectivity index (χ0n) is 11.9. The zero-order valence-corrected chi connectivity index (χ0v) is 13.5. The van der Waals surface area contributed by atoms with Gasteiger partial charge >= 0.3 is 0 Å². The number of hydrogen-bond acceptors (Lipinski definition) is 4. The number of nitrogens with two attached hydrogens (primary N) is 1. The molecule has 1 aromatic carbocycles. The molecule has 3 N–H and O–H groups in total. The molecule has 114 valence electrons. The Labute approximate surface area is 125 Å². The molecule has 0 heterocycles. The van der Waals surface area contributed by atoms with Crippen LogP contribution in [-0.4, -0.2) is 27.6 Å². The van der Waals surface area contributed by atoms with Gasteiger partial charge in [-0.3, -0.25) is 0 Å². The van der Waals surface area contributed by atoms with Crippen LogP contribution in [0.1, 0.15) is 26.7 Å². The Morgan fingerprint density at radius 2 is 1.95 bits per heavy atom. The third-order valence-electron chi connectivity index (χ3n) is 3.44. The highest BCUT2D eigenvalue weighted by Crippen LogP contribution is 2.27. The maximum Gasteiger partial charge on any atom is 0.244 e. The van der Waals surface area contributed by atoms with Crippen molar-refractivity contribution in [1.29, 1.82) is 0 Å². The molecule has 7 heteroatoms. The van der Waals surface area contributed by atoms with E-state index >= 15 is 0 Å². The predicted octanol–water partition coefficient (Wildman–Crippen LogP) is 2.14. The number of sulfonamides is 1. The normalized spacial score (nSPS) is 12.4. The summed E-state index contributed by atoms with van der Waals surface area (Å²) >= 11 is 5.85. The summed E-state index contributed by atoms with van der Waals surface area (Å²) in [7, 11) is -2.31. The molecular formula is C13H21ClN2O3S. The van der Waals surface area contributed by atoms with Gasteiger partial charge in [-0.1, -0.05) is 25.4 Å². The maximum absolute atomic E-state index is 12.3. The predicted molar refractivity (Wildman–Crippen MR) is 80.7 cm³/mol. The molecule has 0 bridgehead atoms. The third kappa shape index (κ3) is 4.09. The van der Waals surface area contributed by atoms with Crippen LogP contribution >= 0.6 is 11.6 Å². The standard InChI is InChI=1S/C13H21ClN2O3S/c1-4-13(15,5-2)9-16-20(17,18)12-8-10(14)6-7-11(12)19-3/h6-8,16H,4-5,9,15H2,1-3H3. The fraction of sp³-hybridized carbons (Fsp3) is 0.538. The molecule has 1 rings (SSSR count). The molecule has 0 fully saturated rings. The molecule has 0 aliphatic rings. The summed E-state index contributed by atoms with van der Waals surface area (Å²) in [6.45, 7) is 4.02. The van der Waals surface area contributed by atoms with Crippen molar-refractivity contribution in [3.63, 3.8) is 0 Å². The lowest BCUT2D eigenvalue weighted by molar-refractivity contribution is 0.388. The maximum atomic E-state index is 12.3. The molecule has 0 amide bonds. The molecule has 0 atom stereocenters. The lowest BCUT2D eigenvalue weighted by Crippen LogP contribution is -2.49. The second-order valence-electron chi connectivity index (χ2n) is 4.69. The average Bonchev–Trinajstić information content (AvgIpc) is 2.45. The van der Waals surface area contributed by atoms with Crippen LogP contribution in [0.4, 0.5) is 0 Å². The second-order valence-corrected chi connectivity index (χ2v) is 6.86. The SMILES string of the molecule is CCC(N)(CC)CNS(=O)(=O)c1cc(Cl)ccc1OC. The third-order valence-corrected chi connectivity index (χ3v) is 5.10. The zero-order chi connectivity index (χ0) is 15.4. The van der Waals surface area contributed by atoms with Gasteiger partial charge in [-0.05, 0) is 31.0 Å². The summed E-state index contributed by atoms with van der Waals surface area (Å²) in [5.74, 6) is 0.248. The van der Waals surface area contributed by atoms with Crippen LogP contribution in [0.15, 0.2) is 23.1 Å². The summed E-state index contributed by atoms with van der Waals surface area (Å²) in [4.78, 5) is 0.0158. The van der Waals surface area contributed by atoms with Gasteiger partial charge in [0.05, 0.1) is 7.11 Å². The highest BCUT2D eigenvalue weighted by Gasteiger charge is 2.26. The number of benzene rings is 1. The van der Waals surface area contributed by atoms with Crippen LogP contribution in [0.5, 0.6) is 5.75 Å². The van der Waals surface area contributed by atoms with Crippen molar-refractivity contribution in [1.82, 2.24) is 4.72 Å². The molecule has 5 nitrogen and oxygen atoms in total. The lowest BCUT2D eigenvalue weighted by atomic mass is 9.95. The number of hydrogen-bond donors (Lipinski definition) is 2.